The maximum absolute atomic E-state index is 12.9. The molecular formula is C28H30BrN3O3S. The Labute approximate surface area is 226 Å². The molecule has 0 atom stereocenters. The SMILES string of the molecule is CCCCCCOc1ccc(Br)cc1C(=O)NC(=S)Nc1ccc(NC(=O)c2ccccc2)c(C)c1. The number of carbonyl (C=O) groups excluding carboxylic acids is 2. The number of aryl methyl sites for hydroxylation is 1. The van der Waals surface area contributed by atoms with E-state index in [1.54, 1.807) is 36.4 Å². The summed E-state index contributed by atoms with van der Waals surface area (Å²) in [6, 6.07) is 19.8. The third kappa shape index (κ3) is 8.17. The first-order valence-corrected chi connectivity index (χ1v) is 13.1. The van der Waals surface area contributed by atoms with E-state index >= 15 is 0 Å². The molecule has 3 aromatic carbocycles. The van der Waals surface area contributed by atoms with Gasteiger partial charge in [0.1, 0.15) is 5.75 Å². The van der Waals surface area contributed by atoms with Crippen LogP contribution in [0.2, 0.25) is 0 Å². The Morgan fingerprint density at radius 1 is 0.917 bits per heavy atom. The molecule has 0 saturated carbocycles. The molecule has 0 aliphatic rings. The molecule has 0 unspecified atom stereocenters. The lowest BCUT2D eigenvalue weighted by atomic mass is 10.1. The maximum Gasteiger partial charge on any atom is 0.261 e. The molecule has 188 valence electrons. The number of hydrogen-bond acceptors (Lipinski definition) is 4. The summed E-state index contributed by atoms with van der Waals surface area (Å²) in [5.74, 6) is -0.0234. The highest BCUT2D eigenvalue weighted by Gasteiger charge is 2.15. The van der Waals surface area contributed by atoms with E-state index in [-0.39, 0.29) is 16.9 Å². The maximum atomic E-state index is 12.9. The van der Waals surface area contributed by atoms with E-state index in [2.05, 4.69) is 38.8 Å². The van der Waals surface area contributed by atoms with E-state index in [1.165, 1.54) is 0 Å². The number of unbranched alkanes of at least 4 members (excludes halogenated alkanes) is 3. The highest BCUT2D eigenvalue weighted by atomic mass is 79.9. The van der Waals surface area contributed by atoms with Gasteiger partial charge in [-0.15, -0.1) is 0 Å². The zero-order chi connectivity index (χ0) is 25.9. The Morgan fingerprint density at radius 3 is 2.42 bits per heavy atom. The van der Waals surface area contributed by atoms with Crippen LogP contribution >= 0.6 is 28.1 Å². The number of ether oxygens (including phenoxy) is 1. The first kappa shape index (κ1) is 27.4. The first-order valence-electron chi connectivity index (χ1n) is 11.9. The van der Waals surface area contributed by atoms with Crippen LogP contribution in [0.1, 0.15) is 58.9 Å². The fourth-order valence-electron chi connectivity index (χ4n) is 3.51. The predicted octanol–water partition coefficient (Wildman–Crippen LogP) is 7.10. The molecule has 8 heteroatoms. The normalized spacial score (nSPS) is 10.4. The van der Waals surface area contributed by atoms with Gasteiger partial charge in [-0.3, -0.25) is 14.9 Å². The smallest absolute Gasteiger partial charge is 0.261 e. The minimum Gasteiger partial charge on any atom is -0.493 e. The van der Waals surface area contributed by atoms with E-state index in [0.717, 1.165) is 35.7 Å². The van der Waals surface area contributed by atoms with Gasteiger partial charge >= 0.3 is 0 Å². The Hall–Kier alpha value is -3.23. The summed E-state index contributed by atoms with van der Waals surface area (Å²) in [4.78, 5) is 25.4. The monoisotopic (exact) mass is 567 g/mol. The number of halogens is 1. The number of rotatable bonds is 10. The minimum absolute atomic E-state index is 0.161. The van der Waals surface area contributed by atoms with Crippen molar-refractivity contribution < 1.29 is 14.3 Å². The number of hydrogen-bond donors (Lipinski definition) is 3. The largest absolute Gasteiger partial charge is 0.493 e. The molecular weight excluding hydrogens is 538 g/mol. The van der Waals surface area contributed by atoms with Crippen molar-refractivity contribution in [1.82, 2.24) is 5.32 Å². The fraction of sp³-hybridized carbons (Fsp3) is 0.250. The second-order valence-corrected chi connectivity index (χ2v) is 9.63. The molecule has 3 N–H and O–H groups in total. The van der Waals surface area contributed by atoms with Crippen LogP contribution in [0.5, 0.6) is 5.75 Å². The summed E-state index contributed by atoms with van der Waals surface area (Å²) in [6.07, 6.45) is 4.35. The van der Waals surface area contributed by atoms with Gasteiger partial charge in [-0.1, -0.05) is 60.3 Å². The highest BCUT2D eigenvalue weighted by Crippen LogP contribution is 2.24. The molecule has 0 aliphatic heterocycles. The average molecular weight is 569 g/mol. The van der Waals surface area contributed by atoms with Crippen molar-refractivity contribution in [2.75, 3.05) is 17.2 Å². The Balaban J connectivity index is 1.59. The molecule has 6 nitrogen and oxygen atoms in total. The molecule has 3 aromatic rings. The average Bonchev–Trinajstić information content (AvgIpc) is 2.86. The summed E-state index contributed by atoms with van der Waals surface area (Å²) >= 11 is 8.79. The molecule has 0 fully saturated rings. The molecule has 2 amide bonds. The van der Waals surface area contributed by atoms with Crippen LogP contribution in [0.4, 0.5) is 11.4 Å². The molecule has 0 saturated heterocycles. The molecule has 0 aliphatic carbocycles. The zero-order valence-electron chi connectivity index (χ0n) is 20.4. The third-order valence-electron chi connectivity index (χ3n) is 5.44. The summed E-state index contributed by atoms with van der Waals surface area (Å²) in [7, 11) is 0. The predicted molar refractivity (Wildman–Crippen MR) is 153 cm³/mol. The quantitative estimate of drug-likeness (QED) is 0.180. The van der Waals surface area contributed by atoms with Gasteiger partial charge in [0.15, 0.2) is 5.11 Å². The van der Waals surface area contributed by atoms with Gasteiger partial charge in [0, 0.05) is 21.4 Å². The lowest BCUT2D eigenvalue weighted by Crippen LogP contribution is -2.34. The van der Waals surface area contributed by atoms with E-state index in [1.807, 2.05) is 37.3 Å². The van der Waals surface area contributed by atoms with Crippen LogP contribution in [0.25, 0.3) is 0 Å². The minimum atomic E-state index is -0.360. The van der Waals surface area contributed by atoms with Crippen LogP contribution in [0, 0.1) is 6.92 Å². The molecule has 3 rings (SSSR count). The molecule has 36 heavy (non-hydrogen) atoms. The molecule has 0 aromatic heterocycles. The number of carbonyl (C=O) groups is 2. The van der Waals surface area contributed by atoms with Crippen LogP contribution in [-0.2, 0) is 0 Å². The van der Waals surface area contributed by atoms with E-state index < -0.39 is 0 Å². The van der Waals surface area contributed by atoms with Crippen molar-refractivity contribution in [1.29, 1.82) is 0 Å². The molecule has 0 heterocycles. The second-order valence-electron chi connectivity index (χ2n) is 8.31. The summed E-state index contributed by atoms with van der Waals surface area (Å²) < 4.78 is 6.64. The van der Waals surface area contributed by atoms with Crippen LogP contribution < -0.4 is 20.7 Å². The van der Waals surface area contributed by atoms with Crippen molar-refractivity contribution in [3.8, 4) is 5.75 Å². The van der Waals surface area contributed by atoms with Crippen LogP contribution in [0.3, 0.4) is 0 Å². The summed E-state index contributed by atoms with van der Waals surface area (Å²) in [5.41, 5.74) is 3.22. The van der Waals surface area contributed by atoms with Crippen LogP contribution in [-0.4, -0.2) is 23.5 Å². The Morgan fingerprint density at radius 2 is 1.69 bits per heavy atom. The lowest BCUT2D eigenvalue weighted by molar-refractivity contribution is 0.0972. The van der Waals surface area contributed by atoms with Gasteiger partial charge in [-0.25, -0.2) is 0 Å². The van der Waals surface area contributed by atoms with E-state index in [0.29, 0.717) is 34.9 Å². The van der Waals surface area contributed by atoms with Gasteiger partial charge in [0.25, 0.3) is 11.8 Å². The summed E-state index contributed by atoms with van der Waals surface area (Å²) in [5, 5.41) is 8.83. The fourth-order valence-corrected chi connectivity index (χ4v) is 4.09. The Kier molecular flexibility index (Phi) is 10.5. The number of thiocarbonyl (C=S) groups is 1. The summed E-state index contributed by atoms with van der Waals surface area (Å²) in [6.45, 7) is 4.60. The van der Waals surface area contributed by atoms with Gasteiger partial charge in [0.2, 0.25) is 0 Å². The van der Waals surface area contributed by atoms with Crippen LogP contribution in [0.15, 0.2) is 71.2 Å². The zero-order valence-corrected chi connectivity index (χ0v) is 22.8. The van der Waals surface area contributed by atoms with Gasteiger partial charge < -0.3 is 15.4 Å². The van der Waals surface area contributed by atoms with Crippen molar-refractivity contribution in [3.05, 3.63) is 87.9 Å². The molecule has 0 spiro atoms. The van der Waals surface area contributed by atoms with Crippen molar-refractivity contribution in [2.45, 2.75) is 39.5 Å². The second kappa shape index (κ2) is 13.8. The first-order chi connectivity index (χ1) is 17.4. The Bertz CT molecular complexity index is 1220. The number of anilines is 2. The van der Waals surface area contributed by atoms with E-state index in [4.69, 9.17) is 17.0 Å². The lowest BCUT2D eigenvalue weighted by Gasteiger charge is -2.15. The van der Waals surface area contributed by atoms with Crippen molar-refractivity contribution in [3.63, 3.8) is 0 Å². The van der Waals surface area contributed by atoms with E-state index in [9.17, 15) is 9.59 Å². The van der Waals surface area contributed by atoms with Crippen molar-refractivity contribution in [2.24, 2.45) is 0 Å². The molecule has 0 radical (unpaired) electrons. The van der Waals surface area contributed by atoms with Gasteiger partial charge in [-0.2, -0.15) is 0 Å². The topological polar surface area (TPSA) is 79.5 Å². The van der Waals surface area contributed by atoms with Crippen molar-refractivity contribution >= 4 is 56.4 Å². The molecule has 0 bridgehead atoms. The van der Waals surface area contributed by atoms with Gasteiger partial charge in [-0.05, 0) is 79.7 Å². The number of amides is 2. The number of benzene rings is 3. The highest BCUT2D eigenvalue weighted by molar-refractivity contribution is 9.10. The number of nitrogens with one attached hydrogen (secondary N) is 3. The van der Waals surface area contributed by atoms with Gasteiger partial charge in [0.05, 0.1) is 12.2 Å². The standard InChI is InChI=1S/C28H30BrN3O3S/c1-3-4-5-9-16-35-25-15-12-21(29)18-23(25)27(34)32-28(36)30-22-13-14-24(19(2)17-22)31-26(33)20-10-7-6-8-11-20/h6-8,10-15,17-18H,3-5,9,16H2,1-2H3,(H,31,33)(H2,30,32,34,36). The third-order valence-corrected chi connectivity index (χ3v) is 6.13.